The number of para-hydroxylation sites is 1. The molecule has 0 aliphatic rings. The number of Topliss-reactive ketones (excluding diaryl/α,β-unsaturated/α-hetero) is 1. The summed E-state index contributed by atoms with van der Waals surface area (Å²) >= 11 is 5.80. The SMILES string of the molecule is O=C(OCC(=O)c1cc2ccccc2o1)c1cccc(Cl)c1. The lowest BCUT2D eigenvalue weighted by atomic mass is 10.2. The number of esters is 1. The van der Waals surface area contributed by atoms with Crippen molar-refractivity contribution < 1.29 is 18.7 Å². The Bertz CT molecular complexity index is 817. The van der Waals surface area contributed by atoms with Gasteiger partial charge in [0, 0.05) is 10.4 Å². The van der Waals surface area contributed by atoms with E-state index in [1.807, 2.05) is 18.2 Å². The number of benzene rings is 2. The Morgan fingerprint density at radius 3 is 2.64 bits per heavy atom. The van der Waals surface area contributed by atoms with E-state index in [2.05, 4.69) is 0 Å². The highest BCUT2D eigenvalue weighted by molar-refractivity contribution is 6.30. The van der Waals surface area contributed by atoms with Gasteiger partial charge in [-0.15, -0.1) is 0 Å². The average Bonchev–Trinajstić information content (AvgIpc) is 2.96. The second-order valence-corrected chi connectivity index (χ2v) is 5.09. The fraction of sp³-hybridized carbons (Fsp3) is 0.0588. The molecule has 3 aromatic rings. The zero-order chi connectivity index (χ0) is 15.5. The van der Waals surface area contributed by atoms with Gasteiger partial charge in [0.1, 0.15) is 5.58 Å². The summed E-state index contributed by atoms with van der Waals surface area (Å²) in [6.07, 6.45) is 0. The molecule has 1 aromatic heterocycles. The van der Waals surface area contributed by atoms with Gasteiger partial charge < -0.3 is 9.15 Å². The topological polar surface area (TPSA) is 56.5 Å². The summed E-state index contributed by atoms with van der Waals surface area (Å²) in [5.74, 6) is -0.835. The van der Waals surface area contributed by atoms with Crippen LogP contribution in [0.5, 0.6) is 0 Å². The molecular formula is C17H11ClO4. The largest absolute Gasteiger partial charge is 0.454 e. The first-order valence-corrected chi connectivity index (χ1v) is 6.96. The number of hydrogen-bond donors (Lipinski definition) is 0. The minimum absolute atomic E-state index is 0.167. The molecule has 0 aliphatic carbocycles. The van der Waals surface area contributed by atoms with E-state index in [9.17, 15) is 9.59 Å². The van der Waals surface area contributed by atoms with Crippen LogP contribution < -0.4 is 0 Å². The summed E-state index contributed by atoms with van der Waals surface area (Å²) < 4.78 is 10.4. The Labute approximate surface area is 131 Å². The summed E-state index contributed by atoms with van der Waals surface area (Å²) in [5.41, 5.74) is 0.914. The van der Waals surface area contributed by atoms with Crippen LogP contribution in [0.1, 0.15) is 20.9 Å². The Morgan fingerprint density at radius 2 is 1.86 bits per heavy atom. The van der Waals surface area contributed by atoms with Crippen LogP contribution in [0.15, 0.2) is 59.0 Å². The van der Waals surface area contributed by atoms with Crippen LogP contribution in [0.3, 0.4) is 0 Å². The molecule has 0 unspecified atom stereocenters. The molecule has 0 spiro atoms. The zero-order valence-electron chi connectivity index (χ0n) is 11.4. The minimum Gasteiger partial charge on any atom is -0.454 e. The Kier molecular flexibility index (Phi) is 3.94. The Hall–Kier alpha value is -2.59. The third-order valence-corrected chi connectivity index (χ3v) is 3.33. The highest BCUT2D eigenvalue weighted by Crippen LogP contribution is 2.19. The predicted molar refractivity (Wildman–Crippen MR) is 82.3 cm³/mol. The van der Waals surface area contributed by atoms with E-state index in [4.69, 9.17) is 20.8 Å². The first kappa shape index (κ1) is 14.4. The van der Waals surface area contributed by atoms with E-state index in [-0.39, 0.29) is 12.4 Å². The molecule has 3 rings (SSSR count). The first-order chi connectivity index (χ1) is 10.6. The van der Waals surface area contributed by atoms with Crippen LogP contribution >= 0.6 is 11.6 Å². The quantitative estimate of drug-likeness (QED) is 0.537. The lowest BCUT2D eigenvalue weighted by Crippen LogP contribution is -2.13. The van der Waals surface area contributed by atoms with Crippen molar-refractivity contribution in [3.8, 4) is 0 Å². The predicted octanol–water partition coefficient (Wildman–Crippen LogP) is 4.13. The monoisotopic (exact) mass is 314 g/mol. The summed E-state index contributed by atoms with van der Waals surface area (Å²) in [5, 5.41) is 1.25. The van der Waals surface area contributed by atoms with Crippen LogP contribution in [0.25, 0.3) is 11.0 Å². The molecule has 0 saturated carbocycles. The lowest BCUT2D eigenvalue weighted by molar-refractivity contribution is 0.0468. The maximum absolute atomic E-state index is 12.0. The molecular weight excluding hydrogens is 304 g/mol. The highest BCUT2D eigenvalue weighted by atomic mass is 35.5. The molecule has 0 N–H and O–H groups in total. The summed E-state index contributed by atoms with van der Waals surface area (Å²) in [6, 6.07) is 15.3. The number of ether oxygens (including phenoxy) is 1. The van der Waals surface area contributed by atoms with Crippen LogP contribution in [0, 0.1) is 0 Å². The van der Waals surface area contributed by atoms with Gasteiger partial charge in [-0.3, -0.25) is 4.79 Å². The first-order valence-electron chi connectivity index (χ1n) is 6.58. The second-order valence-electron chi connectivity index (χ2n) is 4.66. The normalized spacial score (nSPS) is 10.6. The highest BCUT2D eigenvalue weighted by Gasteiger charge is 2.15. The van der Waals surface area contributed by atoms with Gasteiger partial charge in [0.2, 0.25) is 5.78 Å². The number of carbonyl (C=O) groups is 2. The molecule has 0 fully saturated rings. The molecule has 0 saturated heterocycles. The van der Waals surface area contributed by atoms with Crippen molar-refractivity contribution in [2.45, 2.75) is 0 Å². The maximum Gasteiger partial charge on any atom is 0.338 e. The van der Waals surface area contributed by atoms with Crippen LogP contribution in [-0.2, 0) is 4.74 Å². The van der Waals surface area contributed by atoms with Crippen LogP contribution in [0.4, 0.5) is 0 Å². The van der Waals surface area contributed by atoms with Gasteiger partial charge in [0.05, 0.1) is 5.56 Å². The van der Waals surface area contributed by atoms with Crippen molar-refractivity contribution in [2.24, 2.45) is 0 Å². The molecule has 110 valence electrons. The minimum atomic E-state index is -0.605. The molecule has 4 nitrogen and oxygen atoms in total. The maximum atomic E-state index is 12.0. The van der Waals surface area contributed by atoms with Crippen molar-refractivity contribution in [1.82, 2.24) is 0 Å². The second kappa shape index (κ2) is 6.03. The molecule has 0 atom stereocenters. The number of hydrogen-bond acceptors (Lipinski definition) is 4. The van der Waals surface area contributed by atoms with Gasteiger partial charge >= 0.3 is 5.97 Å². The van der Waals surface area contributed by atoms with Crippen LogP contribution in [0.2, 0.25) is 5.02 Å². The molecule has 5 heteroatoms. The lowest BCUT2D eigenvalue weighted by Gasteiger charge is -2.03. The number of ketones is 1. The van der Waals surface area contributed by atoms with Crippen molar-refractivity contribution in [2.75, 3.05) is 6.61 Å². The van der Waals surface area contributed by atoms with E-state index in [0.29, 0.717) is 16.2 Å². The van der Waals surface area contributed by atoms with E-state index in [1.165, 1.54) is 6.07 Å². The van der Waals surface area contributed by atoms with Crippen molar-refractivity contribution >= 4 is 34.3 Å². The van der Waals surface area contributed by atoms with E-state index in [0.717, 1.165) is 5.39 Å². The number of halogens is 1. The Morgan fingerprint density at radius 1 is 1.05 bits per heavy atom. The number of fused-ring (bicyclic) bond motifs is 1. The standard InChI is InChI=1S/C17H11ClO4/c18-13-6-3-5-12(8-13)17(20)21-10-14(19)16-9-11-4-1-2-7-15(11)22-16/h1-9H,10H2. The molecule has 0 amide bonds. The zero-order valence-corrected chi connectivity index (χ0v) is 12.2. The van der Waals surface area contributed by atoms with E-state index < -0.39 is 11.8 Å². The summed E-state index contributed by atoms with van der Waals surface area (Å²) in [7, 11) is 0. The third kappa shape index (κ3) is 3.02. The van der Waals surface area contributed by atoms with Gasteiger partial charge in [0.15, 0.2) is 12.4 Å². The molecule has 0 radical (unpaired) electrons. The van der Waals surface area contributed by atoms with Crippen molar-refractivity contribution in [3.05, 3.63) is 70.9 Å². The van der Waals surface area contributed by atoms with E-state index >= 15 is 0 Å². The molecule has 22 heavy (non-hydrogen) atoms. The fourth-order valence-electron chi connectivity index (χ4n) is 2.02. The molecule has 1 heterocycles. The summed E-state index contributed by atoms with van der Waals surface area (Å²) in [6.45, 7) is -0.384. The van der Waals surface area contributed by atoms with E-state index in [1.54, 1.807) is 30.3 Å². The molecule has 0 aliphatic heterocycles. The summed E-state index contributed by atoms with van der Waals surface area (Å²) in [4.78, 5) is 23.9. The fourth-order valence-corrected chi connectivity index (χ4v) is 2.21. The number of carbonyl (C=O) groups excluding carboxylic acids is 2. The van der Waals surface area contributed by atoms with Crippen molar-refractivity contribution in [1.29, 1.82) is 0 Å². The van der Waals surface area contributed by atoms with Gasteiger partial charge in [-0.25, -0.2) is 4.79 Å². The number of rotatable bonds is 4. The molecule has 0 bridgehead atoms. The molecule has 2 aromatic carbocycles. The van der Waals surface area contributed by atoms with Gasteiger partial charge in [-0.05, 0) is 30.3 Å². The third-order valence-electron chi connectivity index (χ3n) is 3.10. The van der Waals surface area contributed by atoms with Gasteiger partial charge in [-0.1, -0.05) is 35.9 Å². The Balaban J connectivity index is 1.68. The van der Waals surface area contributed by atoms with Crippen molar-refractivity contribution in [3.63, 3.8) is 0 Å². The van der Waals surface area contributed by atoms with Crippen LogP contribution in [-0.4, -0.2) is 18.4 Å². The smallest absolute Gasteiger partial charge is 0.338 e. The number of furan rings is 1. The average molecular weight is 315 g/mol. The van der Waals surface area contributed by atoms with Gasteiger partial charge in [-0.2, -0.15) is 0 Å². The van der Waals surface area contributed by atoms with Gasteiger partial charge in [0.25, 0.3) is 0 Å².